The van der Waals surface area contributed by atoms with Gasteiger partial charge in [0.2, 0.25) is 0 Å². The third kappa shape index (κ3) is 3.16. The van der Waals surface area contributed by atoms with Crippen molar-refractivity contribution in [2.75, 3.05) is 14.1 Å². The lowest BCUT2D eigenvalue weighted by atomic mass is 10.1. The molecule has 0 saturated carbocycles. The SMILES string of the molecule is CCC(O)(C=C(C)C(=O)O)N(C)C. The highest BCUT2D eigenvalue weighted by molar-refractivity contribution is 5.85. The molecule has 0 heterocycles. The molecule has 2 N–H and O–H groups in total. The topological polar surface area (TPSA) is 60.8 Å². The molecule has 0 bridgehead atoms. The fraction of sp³-hybridized carbons (Fsp3) is 0.667. The Kier molecular flexibility index (Phi) is 4.10. The number of nitrogens with zero attached hydrogens (tertiary/aromatic N) is 1. The minimum Gasteiger partial charge on any atom is -0.478 e. The third-order valence-electron chi connectivity index (χ3n) is 2.08. The van der Waals surface area contributed by atoms with Gasteiger partial charge in [-0.3, -0.25) is 4.90 Å². The highest BCUT2D eigenvalue weighted by atomic mass is 16.4. The number of aliphatic carboxylic acids is 1. The summed E-state index contributed by atoms with van der Waals surface area (Å²) in [4.78, 5) is 12.1. The van der Waals surface area contributed by atoms with Gasteiger partial charge in [0.1, 0.15) is 5.72 Å². The summed E-state index contributed by atoms with van der Waals surface area (Å²) in [6.07, 6.45) is 1.81. The van der Waals surface area contributed by atoms with E-state index < -0.39 is 11.7 Å². The van der Waals surface area contributed by atoms with Gasteiger partial charge in [-0.05, 0) is 33.5 Å². The van der Waals surface area contributed by atoms with Crippen LogP contribution in [0.5, 0.6) is 0 Å². The van der Waals surface area contributed by atoms with Crippen molar-refractivity contribution in [3.05, 3.63) is 11.6 Å². The van der Waals surface area contributed by atoms with Crippen LogP contribution in [0.3, 0.4) is 0 Å². The van der Waals surface area contributed by atoms with Gasteiger partial charge in [0.15, 0.2) is 0 Å². The third-order valence-corrected chi connectivity index (χ3v) is 2.08. The molecule has 0 aromatic rings. The minimum absolute atomic E-state index is 0.151. The number of carboxylic acid groups (broad SMARTS) is 1. The molecule has 0 saturated heterocycles. The number of hydrogen-bond donors (Lipinski definition) is 2. The van der Waals surface area contributed by atoms with Gasteiger partial charge >= 0.3 is 5.97 Å². The highest BCUT2D eigenvalue weighted by Crippen LogP contribution is 2.16. The lowest BCUT2D eigenvalue weighted by molar-refractivity contribution is -0.133. The summed E-state index contributed by atoms with van der Waals surface area (Å²) in [5, 5.41) is 18.5. The zero-order chi connectivity index (χ0) is 10.6. The molecule has 0 rings (SSSR count). The van der Waals surface area contributed by atoms with E-state index in [0.717, 1.165) is 0 Å². The van der Waals surface area contributed by atoms with Gasteiger partial charge in [-0.15, -0.1) is 0 Å². The molecular formula is C9H17NO3. The van der Waals surface area contributed by atoms with Gasteiger partial charge in [0, 0.05) is 5.57 Å². The van der Waals surface area contributed by atoms with Crippen molar-refractivity contribution in [1.82, 2.24) is 4.90 Å². The van der Waals surface area contributed by atoms with E-state index in [1.165, 1.54) is 13.0 Å². The smallest absolute Gasteiger partial charge is 0.331 e. The van der Waals surface area contributed by atoms with Crippen LogP contribution in [0.4, 0.5) is 0 Å². The number of carboxylic acids is 1. The highest BCUT2D eigenvalue weighted by Gasteiger charge is 2.25. The van der Waals surface area contributed by atoms with Crippen molar-refractivity contribution in [3.8, 4) is 0 Å². The van der Waals surface area contributed by atoms with Crippen molar-refractivity contribution in [2.45, 2.75) is 26.0 Å². The molecule has 0 aliphatic carbocycles. The fourth-order valence-corrected chi connectivity index (χ4v) is 0.956. The molecule has 0 aromatic carbocycles. The van der Waals surface area contributed by atoms with Gasteiger partial charge in [-0.2, -0.15) is 0 Å². The first-order valence-electron chi connectivity index (χ1n) is 4.16. The van der Waals surface area contributed by atoms with Crippen LogP contribution in [0, 0.1) is 0 Å². The van der Waals surface area contributed by atoms with E-state index in [2.05, 4.69) is 0 Å². The maximum atomic E-state index is 10.5. The number of likely N-dealkylation sites (N-methyl/N-ethyl adjacent to an activating group) is 1. The number of aliphatic hydroxyl groups is 1. The molecule has 13 heavy (non-hydrogen) atoms. The van der Waals surface area contributed by atoms with E-state index >= 15 is 0 Å². The Hall–Kier alpha value is -0.870. The van der Waals surface area contributed by atoms with E-state index in [0.29, 0.717) is 6.42 Å². The minimum atomic E-state index is -1.16. The van der Waals surface area contributed by atoms with Crippen LogP contribution in [0.25, 0.3) is 0 Å². The Balaban J connectivity index is 4.80. The van der Waals surface area contributed by atoms with Crippen molar-refractivity contribution < 1.29 is 15.0 Å². The van der Waals surface area contributed by atoms with Gasteiger partial charge in [0.05, 0.1) is 0 Å². The second-order valence-electron chi connectivity index (χ2n) is 3.26. The van der Waals surface area contributed by atoms with Crippen LogP contribution in [-0.2, 0) is 4.79 Å². The molecule has 0 aliphatic rings. The lowest BCUT2D eigenvalue weighted by Gasteiger charge is -2.31. The molecule has 4 nitrogen and oxygen atoms in total. The first-order chi connectivity index (χ1) is 5.83. The Morgan fingerprint density at radius 2 is 2.00 bits per heavy atom. The van der Waals surface area contributed by atoms with E-state index in [4.69, 9.17) is 5.11 Å². The molecule has 76 valence electrons. The molecule has 1 unspecified atom stereocenters. The Morgan fingerprint density at radius 1 is 1.54 bits per heavy atom. The van der Waals surface area contributed by atoms with Crippen molar-refractivity contribution in [1.29, 1.82) is 0 Å². The zero-order valence-electron chi connectivity index (χ0n) is 8.53. The van der Waals surface area contributed by atoms with Crippen LogP contribution < -0.4 is 0 Å². The maximum Gasteiger partial charge on any atom is 0.331 e. The van der Waals surface area contributed by atoms with Gasteiger partial charge < -0.3 is 10.2 Å². The van der Waals surface area contributed by atoms with Gasteiger partial charge in [-0.25, -0.2) is 4.79 Å². The van der Waals surface area contributed by atoms with Crippen molar-refractivity contribution in [2.24, 2.45) is 0 Å². The average Bonchev–Trinajstić information content (AvgIpc) is 2.03. The number of rotatable bonds is 4. The summed E-state index contributed by atoms with van der Waals surface area (Å²) in [6, 6.07) is 0. The Labute approximate surface area is 78.5 Å². The molecule has 0 aromatic heterocycles. The molecule has 0 spiro atoms. The van der Waals surface area contributed by atoms with Crippen molar-refractivity contribution in [3.63, 3.8) is 0 Å². The normalized spacial score (nSPS) is 17.2. The first-order valence-corrected chi connectivity index (χ1v) is 4.16. The van der Waals surface area contributed by atoms with Crippen LogP contribution in [0.2, 0.25) is 0 Å². The fourth-order valence-electron chi connectivity index (χ4n) is 0.956. The maximum absolute atomic E-state index is 10.5. The lowest BCUT2D eigenvalue weighted by Crippen LogP contribution is -2.42. The molecular weight excluding hydrogens is 170 g/mol. The standard InChI is InChI=1S/C9H17NO3/c1-5-9(13,10(3)4)6-7(2)8(11)12/h6,13H,5H2,1-4H3,(H,11,12). The predicted octanol–water partition coefficient (Wildman–Crippen LogP) is 0.677. The van der Waals surface area contributed by atoms with E-state index in [9.17, 15) is 9.90 Å². The molecule has 0 radical (unpaired) electrons. The quantitative estimate of drug-likeness (QED) is 0.502. The summed E-state index contributed by atoms with van der Waals surface area (Å²) >= 11 is 0. The van der Waals surface area contributed by atoms with E-state index in [1.807, 2.05) is 0 Å². The summed E-state index contributed by atoms with van der Waals surface area (Å²) in [5.41, 5.74) is -1.01. The van der Waals surface area contributed by atoms with E-state index in [-0.39, 0.29) is 5.57 Å². The van der Waals surface area contributed by atoms with Crippen molar-refractivity contribution >= 4 is 5.97 Å². The van der Waals surface area contributed by atoms with Crippen LogP contribution in [0.1, 0.15) is 20.3 Å². The molecule has 0 aliphatic heterocycles. The molecule has 0 amide bonds. The molecule has 1 atom stereocenters. The second kappa shape index (κ2) is 4.39. The number of hydrogen-bond acceptors (Lipinski definition) is 3. The van der Waals surface area contributed by atoms with E-state index in [1.54, 1.807) is 25.9 Å². The Morgan fingerprint density at radius 3 is 2.23 bits per heavy atom. The average molecular weight is 187 g/mol. The predicted molar refractivity (Wildman–Crippen MR) is 50.3 cm³/mol. The largest absolute Gasteiger partial charge is 0.478 e. The summed E-state index contributed by atoms with van der Waals surface area (Å²) in [5.74, 6) is -1.01. The Bertz CT molecular complexity index is 223. The van der Waals surface area contributed by atoms with Gasteiger partial charge in [0.25, 0.3) is 0 Å². The monoisotopic (exact) mass is 187 g/mol. The second-order valence-corrected chi connectivity index (χ2v) is 3.26. The molecule has 4 heteroatoms. The summed E-state index contributed by atoms with van der Waals surface area (Å²) in [7, 11) is 3.41. The first kappa shape index (κ1) is 12.1. The summed E-state index contributed by atoms with van der Waals surface area (Å²) in [6.45, 7) is 3.26. The van der Waals surface area contributed by atoms with Crippen LogP contribution in [-0.4, -0.2) is 40.9 Å². The van der Waals surface area contributed by atoms with Gasteiger partial charge in [-0.1, -0.05) is 6.92 Å². The van der Waals surface area contributed by atoms with Crippen LogP contribution >= 0.6 is 0 Å². The van der Waals surface area contributed by atoms with Crippen LogP contribution in [0.15, 0.2) is 11.6 Å². The number of carbonyl (C=O) groups is 1. The molecule has 0 fully saturated rings. The zero-order valence-corrected chi connectivity index (χ0v) is 8.53. The summed E-state index contributed by atoms with van der Waals surface area (Å²) < 4.78 is 0.